The summed E-state index contributed by atoms with van der Waals surface area (Å²) in [5, 5.41) is 67.4. The summed E-state index contributed by atoms with van der Waals surface area (Å²) in [5.74, 6) is -2.25. The molecule has 0 saturated heterocycles. The molecule has 0 aliphatic rings. The molecule has 4 nitrogen and oxygen atoms in total. The van der Waals surface area contributed by atoms with Crippen LogP contribution in [0.15, 0.2) is 158 Å². The van der Waals surface area contributed by atoms with Crippen LogP contribution in [0.5, 0.6) is 0 Å². The first-order chi connectivity index (χ1) is 34.4. The second-order valence-corrected chi connectivity index (χ2v) is 20.3. The average molecular weight is 923 g/mol. The molecule has 20 aromatic rings. The van der Waals surface area contributed by atoms with Gasteiger partial charge in [0.1, 0.15) is 0 Å². The van der Waals surface area contributed by atoms with Crippen molar-refractivity contribution in [3.63, 3.8) is 0 Å². The maximum atomic E-state index is 12.4. The first-order valence-electron chi connectivity index (χ1n) is 23.9. The quantitative estimate of drug-likeness (QED) is 0.0983. The molecule has 20 rings (SSSR count). The van der Waals surface area contributed by atoms with Crippen LogP contribution >= 0.6 is 0 Å². The molecule has 0 atom stereocenters. The van der Waals surface area contributed by atoms with E-state index in [2.05, 4.69) is 146 Å². The molecule has 71 heavy (non-hydrogen) atoms. The van der Waals surface area contributed by atoms with Crippen molar-refractivity contribution in [2.45, 2.75) is 0 Å². The molecule has 0 radical (unpaired) electrons. The van der Waals surface area contributed by atoms with Gasteiger partial charge in [0.05, 0.1) is 11.9 Å². The number of hydrogen-bond donors (Lipinski definition) is 0. The molecule has 0 aromatic heterocycles. The number of carboxylic acids is 2. The van der Waals surface area contributed by atoms with Crippen LogP contribution in [0.4, 0.5) is 0 Å². The first kappa shape index (κ1) is 37.7. The minimum Gasteiger partial charge on any atom is -0.545 e. The van der Waals surface area contributed by atoms with Crippen molar-refractivity contribution in [2.75, 3.05) is 0 Å². The second kappa shape index (κ2) is 12.1. The largest absolute Gasteiger partial charge is 2.00 e. The van der Waals surface area contributed by atoms with Crippen LogP contribution < -0.4 is 10.2 Å². The molecule has 0 fully saturated rings. The van der Waals surface area contributed by atoms with Crippen molar-refractivity contribution >= 4 is 244 Å². The molecule has 0 spiro atoms. The van der Waals surface area contributed by atoms with Crippen molar-refractivity contribution in [1.82, 2.24) is 0 Å². The van der Waals surface area contributed by atoms with Crippen molar-refractivity contribution in [3.05, 3.63) is 169 Å². The van der Waals surface area contributed by atoms with Gasteiger partial charge >= 0.3 is 37.7 Å². The molecule has 20 aromatic carbocycles. The van der Waals surface area contributed by atoms with E-state index in [1.807, 2.05) is 12.1 Å². The number of carbonyl (C=O) groups excluding carboxylic acids is 2. The van der Waals surface area contributed by atoms with Crippen molar-refractivity contribution in [1.29, 1.82) is 0 Å². The van der Waals surface area contributed by atoms with Crippen LogP contribution in [-0.4, -0.2) is 49.7 Å². The zero-order valence-electron chi connectivity index (χ0n) is 37.4. The molecular weight excluding hydrogens is 897 g/mol. The molecule has 0 unspecified atom stereocenters. The molecule has 5 heteroatoms. The van der Waals surface area contributed by atoms with E-state index in [1.54, 1.807) is 0 Å². The maximum Gasteiger partial charge on any atom is 2.00 e. The molecule has 0 bridgehead atoms. The Morgan fingerprint density at radius 2 is 0.380 bits per heavy atom. The Kier molecular flexibility index (Phi) is 6.41. The summed E-state index contributed by atoms with van der Waals surface area (Å²) in [4.78, 5) is 24.8. The number of carboxylic acid groups (broad SMARTS) is 2. The van der Waals surface area contributed by atoms with Crippen LogP contribution in [-0.2, 0) is 0 Å². The second-order valence-electron chi connectivity index (χ2n) is 20.3. The fraction of sp³-hybridized carbons (Fsp3) is 0. The summed E-state index contributed by atoms with van der Waals surface area (Å²) >= 11 is 0. The first-order valence-corrected chi connectivity index (χ1v) is 23.9. The van der Waals surface area contributed by atoms with E-state index in [0.29, 0.717) is 0 Å². The smallest absolute Gasteiger partial charge is 0.545 e. The van der Waals surface area contributed by atoms with Gasteiger partial charge in [-0.25, -0.2) is 0 Å². The normalized spacial score (nSPS) is 13.2. The van der Waals surface area contributed by atoms with E-state index in [1.165, 1.54) is 151 Å². The Morgan fingerprint density at radius 1 is 0.211 bits per heavy atom. The summed E-state index contributed by atoms with van der Waals surface area (Å²) in [7, 11) is 0. The fourth-order valence-corrected chi connectivity index (χ4v) is 14.9. The molecule has 0 saturated carbocycles. The molecule has 0 aliphatic carbocycles. The van der Waals surface area contributed by atoms with E-state index < -0.39 is 11.9 Å². The van der Waals surface area contributed by atoms with Gasteiger partial charge in [0, 0.05) is 11.1 Å². The molecule has 0 aliphatic heterocycles. The number of rotatable bonds is 2. The number of aromatic carboxylic acids is 2. The predicted octanol–water partition coefficient (Wildman–Crippen LogP) is 14.9. The summed E-state index contributed by atoms with van der Waals surface area (Å²) in [5.41, 5.74) is 0.537. The van der Waals surface area contributed by atoms with Crippen LogP contribution in [0.3, 0.4) is 0 Å². The van der Waals surface area contributed by atoms with Gasteiger partial charge in [0.2, 0.25) is 0 Å². The topological polar surface area (TPSA) is 80.3 Å². The minimum absolute atomic E-state index is 0. The standard InChI is InChI=1S/2C33H14O2.Ca/c2*34-33(35)22-13-20-10-6-16-4-8-18-11-17-7-3-14-1-2-15-5-9-19-12-21(22)30-26(20)25(16)28(18)31-27(17)23(14)24(15)29(19)32(30)31;/h2*1-13H,(H,34,35);/q;;+2/p-2. The van der Waals surface area contributed by atoms with Crippen LogP contribution in [0, 0.1) is 0 Å². The number of hydrogen-bond acceptors (Lipinski definition) is 4. The number of carbonyl (C=O) groups is 2. The zero-order valence-corrected chi connectivity index (χ0v) is 39.6. The average Bonchev–Trinajstić information content (AvgIpc) is 3.40. The fourth-order valence-electron chi connectivity index (χ4n) is 14.9. The molecular formula is C66H26CaO4. The maximum absolute atomic E-state index is 12.4. The Hall–Kier alpha value is -8.12. The summed E-state index contributed by atoms with van der Waals surface area (Å²) in [6.07, 6.45) is 0. The number of benzene rings is 20. The van der Waals surface area contributed by atoms with Crippen LogP contribution in [0.2, 0.25) is 0 Å². The van der Waals surface area contributed by atoms with E-state index in [-0.39, 0.29) is 48.9 Å². The van der Waals surface area contributed by atoms with Gasteiger partial charge in [0.15, 0.2) is 0 Å². The summed E-state index contributed by atoms with van der Waals surface area (Å²) in [6.45, 7) is 0. The van der Waals surface area contributed by atoms with Gasteiger partial charge in [-0.2, -0.15) is 0 Å². The molecule has 316 valence electrons. The SMILES string of the molecule is O=C([O-])c1cc2ccc3ccc4cc5ccc6ccc7ccc8cc1c1c2c3c4c2c5c6c7c8c12.O=C([O-])c1cc2ccc3ccc4cc5ccc6ccc7ccc8cc1c1c2c3c4c2c5c6c7c8c12.[Ca+2]. The van der Waals surface area contributed by atoms with Gasteiger partial charge in [-0.1, -0.05) is 121 Å². The van der Waals surface area contributed by atoms with Crippen molar-refractivity contribution < 1.29 is 19.8 Å². The predicted molar refractivity (Wildman–Crippen MR) is 294 cm³/mol. The third-order valence-corrected chi connectivity index (χ3v) is 17.3. The monoisotopic (exact) mass is 922 g/mol. The summed E-state index contributed by atoms with van der Waals surface area (Å²) in [6, 6.07) is 56.2. The van der Waals surface area contributed by atoms with Crippen LogP contribution in [0.1, 0.15) is 20.7 Å². The van der Waals surface area contributed by atoms with Crippen LogP contribution in [0.25, 0.3) is 194 Å². The Balaban J connectivity index is 0.000000113. The summed E-state index contributed by atoms with van der Waals surface area (Å²) < 4.78 is 0. The Labute approximate surface area is 428 Å². The third-order valence-electron chi connectivity index (χ3n) is 17.3. The van der Waals surface area contributed by atoms with E-state index in [0.717, 1.165) is 43.1 Å². The van der Waals surface area contributed by atoms with E-state index in [4.69, 9.17) is 0 Å². The van der Waals surface area contributed by atoms with Gasteiger partial charge < -0.3 is 19.8 Å². The Morgan fingerprint density at radius 3 is 0.620 bits per heavy atom. The van der Waals surface area contributed by atoms with Crippen molar-refractivity contribution in [3.8, 4) is 0 Å². The molecule has 0 N–H and O–H groups in total. The zero-order chi connectivity index (χ0) is 45.5. The van der Waals surface area contributed by atoms with E-state index in [9.17, 15) is 19.8 Å². The van der Waals surface area contributed by atoms with Gasteiger partial charge in [-0.05, 0) is 230 Å². The van der Waals surface area contributed by atoms with E-state index >= 15 is 0 Å². The third kappa shape index (κ3) is 4.06. The van der Waals surface area contributed by atoms with Gasteiger partial charge in [0.25, 0.3) is 0 Å². The minimum atomic E-state index is -1.12. The Bertz CT molecular complexity index is 5310. The molecule has 0 heterocycles. The van der Waals surface area contributed by atoms with Crippen molar-refractivity contribution in [2.24, 2.45) is 0 Å². The van der Waals surface area contributed by atoms with Gasteiger partial charge in [-0.15, -0.1) is 0 Å². The molecule has 0 amide bonds. The van der Waals surface area contributed by atoms with Gasteiger partial charge in [-0.3, -0.25) is 0 Å².